The number of piperidine rings is 1. The van der Waals surface area contributed by atoms with Crippen molar-refractivity contribution in [1.29, 1.82) is 0 Å². The van der Waals surface area contributed by atoms with Crippen molar-refractivity contribution in [1.82, 2.24) is 15.3 Å². The minimum atomic E-state index is 0.480. The molecule has 0 spiro atoms. The van der Waals surface area contributed by atoms with E-state index < -0.39 is 0 Å². The fraction of sp³-hybridized carbons (Fsp3) is 0.773. The molecule has 3 heterocycles. The van der Waals surface area contributed by atoms with E-state index in [1.807, 2.05) is 0 Å². The van der Waals surface area contributed by atoms with Gasteiger partial charge in [0, 0.05) is 38.3 Å². The van der Waals surface area contributed by atoms with Crippen LogP contribution in [0.2, 0.25) is 0 Å². The number of thiocarbonyl (C=S) groups is 1. The second kappa shape index (κ2) is 9.45. The number of nitrogens with one attached hydrogen (secondary N) is 2. The molecule has 1 aromatic heterocycles. The topological polar surface area (TPSA) is 56.3 Å². The van der Waals surface area contributed by atoms with Crippen LogP contribution >= 0.6 is 12.2 Å². The van der Waals surface area contributed by atoms with E-state index in [1.54, 1.807) is 0 Å². The summed E-state index contributed by atoms with van der Waals surface area (Å²) in [7, 11) is 0. The van der Waals surface area contributed by atoms with E-state index in [0.29, 0.717) is 28.9 Å². The first-order valence-corrected chi connectivity index (χ1v) is 11.9. The third-order valence-electron chi connectivity index (χ3n) is 6.49. The van der Waals surface area contributed by atoms with Crippen molar-refractivity contribution in [3.05, 3.63) is 6.07 Å². The number of aromatic nitrogens is 2. The summed E-state index contributed by atoms with van der Waals surface area (Å²) in [5.74, 6) is 4.07. The molecule has 0 aromatic carbocycles. The van der Waals surface area contributed by atoms with Crippen LogP contribution in [0.5, 0.6) is 0 Å². The summed E-state index contributed by atoms with van der Waals surface area (Å²) in [6.45, 7) is 8.96. The summed E-state index contributed by atoms with van der Waals surface area (Å²) >= 11 is 5.60. The molecule has 3 aliphatic rings. The van der Waals surface area contributed by atoms with Crippen molar-refractivity contribution < 1.29 is 0 Å². The van der Waals surface area contributed by atoms with Gasteiger partial charge in [-0.05, 0) is 56.2 Å². The molecule has 160 valence electrons. The first-order chi connectivity index (χ1) is 14.1. The fourth-order valence-electron chi connectivity index (χ4n) is 5.17. The van der Waals surface area contributed by atoms with Gasteiger partial charge in [-0.1, -0.05) is 33.1 Å². The Kier molecular flexibility index (Phi) is 6.73. The van der Waals surface area contributed by atoms with Crippen LogP contribution in [-0.4, -0.2) is 47.3 Å². The van der Waals surface area contributed by atoms with E-state index in [9.17, 15) is 0 Å². The molecule has 2 saturated heterocycles. The predicted molar refractivity (Wildman–Crippen MR) is 125 cm³/mol. The second-order valence-electron chi connectivity index (χ2n) is 9.39. The largest absolute Gasteiger partial charge is 0.360 e. The van der Waals surface area contributed by atoms with Gasteiger partial charge in [0.2, 0.25) is 5.95 Å². The molecule has 0 unspecified atom stereocenters. The highest BCUT2D eigenvalue weighted by Gasteiger charge is 2.25. The summed E-state index contributed by atoms with van der Waals surface area (Å²) in [5, 5.41) is 7.44. The van der Waals surface area contributed by atoms with Gasteiger partial charge in [-0.15, -0.1) is 0 Å². The summed E-state index contributed by atoms with van der Waals surface area (Å²) in [4.78, 5) is 14.5. The molecule has 0 amide bonds. The van der Waals surface area contributed by atoms with Crippen LogP contribution in [0, 0.1) is 11.8 Å². The maximum atomic E-state index is 5.60. The lowest BCUT2D eigenvalue weighted by Crippen LogP contribution is -2.40. The molecule has 0 bridgehead atoms. The Balaban J connectivity index is 1.51. The minimum Gasteiger partial charge on any atom is -0.360 e. The third-order valence-corrected chi connectivity index (χ3v) is 6.71. The molecule has 7 heteroatoms. The van der Waals surface area contributed by atoms with Gasteiger partial charge in [0.1, 0.15) is 11.6 Å². The summed E-state index contributed by atoms with van der Waals surface area (Å²) < 4.78 is 0. The molecule has 2 atom stereocenters. The molecule has 3 fully saturated rings. The lowest BCUT2D eigenvalue weighted by atomic mass is 9.92. The second-order valence-corrected chi connectivity index (χ2v) is 9.79. The first-order valence-electron chi connectivity index (χ1n) is 11.5. The Labute approximate surface area is 180 Å². The zero-order valence-corrected chi connectivity index (χ0v) is 18.8. The van der Waals surface area contributed by atoms with Crippen molar-refractivity contribution in [2.75, 3.05) is 41.3 Å². The molecular weight excluding hydrogens is 380 g/mol. The van der Waals surface area contributed by atoms with Gasteiger partial charge in [-0.25, -0.2) is 0 Å². The minimum absolute atomic E-state index is 0.480. The van der Waals surface area contributed by atoms with Crippen LogP contribution in [0.1, 0.15) is 65.2 Å². The van der Waals surface area contributed by atoms with E-state index in [2.05, 4.69) is 40.3 Å². The van der Waals surface area contributed by atoms with Crippen molar-refractivity contribution in [3.8, 4) is 0 Å². The highest BCUT2D eigenvalue weighted by Crippen LogP contribution is 2.29. The molecule has 6 nitrogen and oxygen atoms in total. The standard InChI is InChI=1S/C22H36N6S/c1-16-12-17(2)15-28(14-16)20-13-19(27-10-6-7-11-27)24-21(25-20)26-22(29)23-18-8-4-3-5-9-18/h13,16-18H,3-12,14-15H2,1-2H3,(H2,23,24,25,26,29)/t16-,17+. The lowest BCUT2D eigenvalue weighted by Gasteiger charge is -2.36. The highest BCUT2D eigenvalue weighted by atomic mass is 32.1. The number of rotatable bonds is 4. The Bertz CT molecular complexity index is 689. The maximum absolute atomic E-state index is 5.60. The number of nitrogens with zero attached hydrogens (tertiary/aromatic N) is 4. The molecule has 1 aliphatic carbocycles. The summed E-state index contributed by atoms with van der Waals surface area (Å²) in [5.41, 5.74) is 0. The molecular formula is C22H36N6S. The number of hydrogen-bond donors (Lipinski definition) is 2. The number of hydrogen-bond acceptors (Lipinski definition) is 5. The lowest BCUT2D eigenvalue weighted by molar-refractivity contribution is 0.355. The van der Waals surface area contributed by atoms with Crippen LogP contribution in [0.15, 0.2) is 6.07 Å². The van der Waals surface area contributed by atoms with Crippen LogP contribution in [-0.2, 0) is 0 Å². The van der Waals surface area contributed by atoms with Gasteiger partial charge in [0.25, 0.3) is 0 Å². The average Bonchev–Trinajstić information content (AvgIpc) is 3.22. The molecule has 0 radical (unpaired) electrons. The smallest absolute Gasteiger partial charge is 0.232 e. The Morgan fingerprint density at radius 1 is 0.931 bits per heavy atom. The van der Waals surface area contributed by atoms with Crippen LogP contribution in [0.25, 0.3) is 0 Å². The Morgan fingerprint density at radius 2 is 1.55 bits per heavy atom. The SMILES string of the molecule is C[C@@H]1C[C@H](C)CN(c2cc(N3CCCC3)nc(NC(=S)NC3CCCCC3)n2)C1. The third kappa shape index (κ3) is 5.50. The average molecular weight is 417 g/mol. The molecule has 2 N–H and O–H groups in total. The van der Waals surface area contributed by atoms with Gasteiger partial charge in [-0.3, -0.25) is 0 Å². The molecule has 2 aliphatic heterocycles. The van der Waals surface area contributed by atoms with E-state index >= 15 is 0 Å². The van der Waals surface area contributed by atoms with Crippen molar-refractivity contribution in [2.45, 2.75) is 71.3 Å². The van der Waals surface area contributed by atoms with Gasteiger partial charge < -0.3 is 20.4 Å². The Hall–Kier alpha value is -1.63. The fourth-order valence-corrected chi connectivity index (χ4v) is 5.43. The van der Waals surface area contributed by atoms with Crippen molar-refractivity contribution in [2.24, 2.45) is 11.8 Å². The van der Waals surface area contributed by atoms with E-state index in [1.165, 1.54) is 51.4 Å². The van der Waals surface area contributed by atoms with Crippen LogP contribution < -0.4 is 20.4 Å². The van der Waals surface area contributed by atoms with Crippen molar-refractivity contribution in [3.63, 3.8) is 0 Å². The molecule has 1 saturated carbocycles. The first kappa shape index (κ1) is 20.6. The highest BCUT2D eigenvalue weighted by molar-refractivity contribution is 7.80. The van der Waals surface area contributed by atoms with E-state index in [-0.39, 0.29) is 0 Å². The van der Waals surface area contributed by atoms with E-state index in [0.717, 1.165) is 37.8 Å². The maximum Gasteiger partial charge on any atom is 0.232 e. The molecule has 1 aromatic rings. The predicted octanol–water partition coefficient (Wildman–Crippen LogP) is 4.18. The normalized spacial score (nSPS) is 25.9. The van der Waals surface area contributed by atoms with Gasteiger partial charge in [-0.2, -0.15) is 9.97 Å². The van der Waals surface area contributed by atoms with Gasteiger partial charge in [0.15, 0.2) is 5.11 Å². The quantitative estimate of drug-likeness (QED) is 0.714. The zero-order valence-electron chi connectivity index (χ0n) is 18.0. The Morgan fingerprint density at radius 3 is 2.21 bits per heavy atom. The van der Waals surface area contributed by atoms with Crippen molar-refractivity contribution >= 4 is 34.9 Å². The van der Waals surface area contributed by atoms with Crippen LogP contribution in [0.4, 0.5) is 17.6 Å². The molecule has 29 heavy (non-hydrogen) atoms. The zero-order chi connectivity index (χ0) is 20.2. The van der Waals surface area contributed by atoms with Gasteiger partial charge >= 0.3 is 0 Å². The molecule has 4 rings (SSSR count). The van der Waals surface area contributed by atoms with Crippen LogP contribution in [0.3, 0.4) is 0 Å². The van der Waals surface area contributed by atoms with Gasteiger partial charge in [0.05, 0.1) is 0 Å². The summed E-state index contributed by atoms with van der Waals surface area (Å²) in [6.07, 6.45) is 10.1. The monoisotopic (exact) mass is 416 g/mol. The van der Waals surface area contributed by atoms with E-state index in [4.69, 9.17) is 22.2 Å². The summed E-state index contributed by atoms with van der Waals surface area (Å²) in [6, 6.07) is 2.66. The number of anilines is 3.